The summed E-state index contributed by atoms with van der Waals surface area (Å²) in [7, 11) is 0. The Bertz CT molecular complexity index is 720. The lowest BCUT2D eigenvalue weighted by Crippen LogP contribution is -2.57. The van der Waals surface area contributed by atoms with Gasteiger partial charge in [-0.15, -0.1) is 0 Å². The molecule has 3 amide bonds. The molecule has 4 atom stereocenters. The lowest BCUT2D eigenvalue weighted by atomic mass is 10.0. The fourth-order valence-electron chi connectivity index (χ4n) is 2.50. The standard InChI is InChI=1S/C18H33N7O7/c1-8(2)13(17(31)32)25-15(29)10(5-4-6-22-18(20)21)23-16(30)11(7-12(26)27)24-14(28)9(3)19/h8-11,13H,4-7,19H2,1-3H3,(H,23,30)(H,24,28)(H,25,29)(H,26,27)(H,31,32)(H4,20,21,22). The number of nitrogens with one attached hydrogen (secondary N) is 3. The number of nitrogens with two attached hydrogens (primary N) is 3. The number of aliphatic carboxylic acids is 2. The fourth-order valence-corrected chi connectivity index (χ4v) is 2.50. The number of carboxylic acid groups (broad SMARTS) is 2. The Morgan fingerprint density at radius 3 is 1.84 bits per heavy atom. The maximum Gasteiger partial charge on any atom is 0.326 e. The first-order valence-electron chi connectivity index (χ1n) is 9.92. The van der Waals surface area contributed by atoms with Gasteiger partial charge in [0.15, 0.2) is 5.96 Å². The van der Waals surface area contributed by atoms with Gasteiger partial charge in [0.1, 0.15) is 18.1 Å². The number of carbonyl (C=O) groups excluding carboxylic acids is 3. The van der Waals surface area contributed by atoms with Gasteiger partial charge >= 0.3 is 11.9 Å². The normalized spacial score (nSPS) is 14.4. The van der Waals surface area contributed by atoms with Gasteiger partial charge in [-0.2, -0.15) is 0 Å². The van der Waals surface area contributed by atoms with Gasteiger partial charge in [0.05, 0.1) is 12.5 Å². The highest BCUT2D eigenvalue weighted by atomic mass is 16.4. The molecule has 0 aromatic carbocycles. The third-order valence-corrected chi connectivity index (χ3v) is 4.23. The maximum absolute atomic E-state index is 12.7. The van der Waals surface area contributed by atoms with E-state index in [1.54, 1.807) is 13.8 Å². The average molecular weight is 460 g/mol. The molecule has 32 heavy (non-hydrogen) atoms. The molecule has 0 heterocycles. The molecule has 0 aromatic heterocycles. The highest BCUT2D eigenvalue weighted by Gasteiger charge is 2.31. The van der Waals surface area contributed by atoms with E-state index in [2.05, 4.69) is 20.9 Å². The van der Waals surface area contributed by atoms with Crippen LogP contribution in [0.2, 0.25) is 0 Å². The number of aliphatic imine (C=N–C) groups is 1. The number of rotatable bonds is 14. The summed E-state index contributed by atoms with van der Waals surface area (Å²) in [6.07, 6.45) is -0.498. The first-order valence-corrected chi connectivity index (χ1v) is 9.92. The van der Waals surface area contributed by atoms with E-state index in [9.17, 15) is 29.1 Å². The molecule has 0 fully saturated rings. The molecule has 11 N–H and O–H groups in total. The smallest absolute Gasteiger partial charge is 0.326 e. The lowest BCUT2D eigenvalue weighted by Gasteiger charge is -2.25. The van der Waals surface area contributed by atoms with Gasteiger partial charge in [-0.05, 0) is 25.7 Å². The molecule has 0 rings (SSSR count). The highest BCUT2D eigenvalue weighted by Crippen LogP contribution is 2.06. The average Bonchev–Trinajstić information content (AvgIpc) is 2.66. The number of guanidine groups is 1. The quantitative estimate of drug-likeness (QED) is 0.0744. The topological polar surface area (TPSA) is 252 Å². The summed E-state index contributed by atoms with van der Waals surface area (Å²) in [6.45, 7) is 4.67. The fraction of sp³-hybridized carbons (Fsp3) is 0.667. The molecule has 0 radical (unpaired) electrons. The number of amides is 3. The monoisotopic (exact) mass is 459 g/mol. The number of hydrogen-bond acceptors (Lipinski definition) is 7. The molecule has 0 aliphatic heterocycles. The Labute approximate surface area is 185 Å². The van der Waals surface area contributed by atoms with Gasteiger partial charge in [-0.25, -0.2) is 4.79 Å². The third-order valence-electron chi connectivity index (χ3n) is 4.23. The van der Waals surface area contributed by atoms with Gasteiger partial charge in [0.25, 0.3) is 0 Å². The van der Waals surface area contributed by atoms with Crippen LogP contribution in [-0.2, 0) is 24.0 Å². The Kier molecular flexibility index (Phi) is 12.3. The minimum absolute atomic E-state index is 0.0137. The minimum Gasteiger partial charge on any atom is -0.481 e. The van der Waals surface area contributed by atoms with Crippen LogP contribution in [0.25, 0.3) is 0 Å². The summed E-state index contributed by atoms with van der Waals surface area (Å²) in [5.41, 5.74) is 15.9. The van der Waals surface area contributed by atoms with Gasteiger partial charge < -0.3 is 43.4 Å². The molecule has 4 unspecified atom stereocenters. The van der Waals surface area contributed by atoms with E-state index in [4.69, 9.17) is 22.3 Å². The van der Waals surface area contributed by atoms with Gasteiger partial charge in [0.2, 0.25) is 17.7 Å². The van der Waals surface area contributed by atoms with Gasteiger partial charge in [0, 0.05) is 6.54 Å². The van der Waals surface area contributed by atoms with Crippen LogP contribution in [0.1, 0.15) is 40.0 Å². The van der Waals surface area contributed by atoms with Crippen LogP contribution in [0.4, 0.5) is 0 Å². The van der Waals surface area contributed by atoms with E-state index in [0.717, 1.165) is 0 Å². The van der Waals surface area contributed by atoms with Crippen LogP contribution < -0.4 is 33.2 Å². The van der Waals surface area contributed by atoms with Crippen LogP contribution in [-0.4, -0.2) is 76.5 Å². The van der Waals surface area contributed by atoms with Crippen molar-refractivity contribution in [2.24, 2.45) is 28.1 Å². The van der Waals surface area contributed by atoms with Crippen molar-refractivity contribution in [3.05, 3.63) is 0 Å². The predicted molar refractivity (Wildman–Crippen MR) is 114 cm³/mol. The summed E-state index contributed by atoms with van der Waals surface area (Å²) >= 11 is 0. The van der Waals surface area contributed by atoms with Crippen LogP contribution in [0, 0.1) is 5.92 Å². The molecular formula is C18H33N7O7. The van der Waals surface area contributed by atoms with Crippen LogP contribution >= 0.6 is 0 Å². The van der Waals surface area contributed by atoms with E-state index in [-0.39, 0.29) is 25.3 Å². The molecular weight excluding hydrogens is 426 g/mol. The predicted octanol–water partition coefficient (Wildman–Crippen LogP) is -2.94. The van der Waals surface area contributed by atoms with Crippen LogP contribution in [0.5, 0.6) is 0 Å². The molecule has 0 aromatic rings. The van der Waals surface area contributed by atoms with Crippen molar-refractivity contribution in [1.82, 2.24) is 16.0 Å². The summed E-state index contributed by atoms with van der Waals surface area (Å²) in [4.78, 5) is 63.5. The number of carboxylic acids is 2. The molecule has 0 saturated carbocycles. The molecule has 0 aliphatic carbocycles. The first-order chi connectivity index (χ1) is 14.8. The Hall–Kier alpha value is -3.42. The van der Waals surface area contributed by atoms with Crippen molar-refractivity contribution in [2.45, 2.75) is 64.2 Å². The van der Waals surface area contributed by atoms with Gasteiger partial charge in [-0.1, -0.05) is 13.8 Å². The van der Waals surface area contributed by atoms with Gasteiger partial charge in [-0.3, -0.25) is 24.2 Å². The SMILES string of the molecule is CC(N)C(=O)NC(CC(=O)O)C(=O)NC(CCCN=C(N)N)C(=O)NC(C(=O)O)C(C)C. The lowest BCUT2D eigenvalue weighted by molar-refractivity contribution is -0.144. The molecule has 0 bridgehead atoms. The largest absolute Gasteiger partial charge is 0.481 e. The van der Waals surface area contributed by atoms with E-state index >= 15 is 0 Å². The minimum atomic E-state index is -1.50. The second-order valence-corrected chi connectivity index (χ2v) is 7.53. The zero-order valence-corrected chi connectivity index (χ0v) is 18.3. The Balaban J connectivity index is 5.55. The molecule has 14 heteroatoms. The summed E-state index contributed by atoms with van der Waals surface area (Å²) in [5.74, 6) is -5.73. The molecule has 0 saturated heterocycles. The summed E-state index contributed by atoms with van der Waals surface area (Å²) in [6, 6.07) is -4.95. The van der Waals surface area contributed by atoms with Crippen molar-refractivity contribution in [3.63, 3.8) is 0 Å². The van der Waals surface area contributed by atoms with E-state index in [0.29, 0.717) is 0 Å². The molecule has 0 spiro atoms. The molecule has 0 aliphatic rings. The van der Waals surface area contributed by atoms with Crippen molar-refractivity contribution in [1.29, 1.82) is 0 Å². The van der Waals surface area contributed by atoms with Crippen LogP contribution in [0.15, 0.2) is 4.99 Å². The zero-order chi connectivity index (χ0) is 25.0. The molecule has 14 nitrogen and oxygen atoms in total. The third kappa shape index (κ3) is 11.1. The van der Waals surface area contributed by atoms with E-state index in [1.807, 2.05) is 0 Å². The van der Waals surface area contributed by atoms with Crippen molar-refractivity contribution >= 4 is 35.6 Å². The van der Waals surface area contributed by atoms with Crippen molar-refractivity contribution < 1.29 is 34.2 Å². The second-order valence-electron chi connectivity index (χ2n) is 7.53. The Morgan fingerprint density at radius 2 is 1.41 bits per heavy atom. The van der Waals surface area contributed by atoms with Crippen molar-refractivity contribution in [3.8, 4) is 0 Å². The van der Waals surface area contributed by atoms with Crippen molar-refractivity contribution in [2.75, 3.05) is 6.54 Å². The molecule has 182 valence electrons. The number of carbonyl (C=O) groups is 5. The van der Waals surface area contributed by atoms with E-state index in [1.165, 1.54) is 6.92 Å². The van der Waals surface area contributed by atoms with Crippen LogP contribution in [0.3, 0.4) is 0 Å². The second kappa shape index (κ2) is 13.8. The zero-order valence-electron chi connectivity index (χ0n) is 18.3. The highest BCUT2D eigenvalue weighted by molar-refractivity contribution is 5.95. The Morgan fingerprint density at radius 1 is 0.875 bits per heavy atom. The maximum atomic E-state index is 12.7. The number of hydrogen-bond donors (Lipinski definition) is 8. The number of nitrogens with zero attached hydrogens (tertiary/aromatic N) is 1. The van der Waals surface area contributed by atoms with E-state index < -0.39 is 66.2 Å². The summed E-state index contributed by atoms with van der Waals surface area (Å²) in [5, 5.41) is 25.3. The first kappa shape index (κ1) is 28.6. The summed E-state index contributed by atoms with van der Waals surface area (Å²) < 4.78 is 0.